The standard InChI is InChI=1S/C17H15N5O3S3/c1-10(15(23)19-11-6-8-12(9-7-11)28(18,24)25)26-16-20-21-17-22(16)13-4-2-3-5-14(13)27-17/h2-10H,1H3,(H,19,23)(H2,18,24,25). The Bertz CT molecular complexity index is 1280. The number of thioether (sulfide) groups is 1. The number of sulfonamides is 1. The Kier molecular flexibility index (Phi) is 4.83. The zero-order chi connectivity index (χ0) is 19.9. The normalized spacial score (nSPS) is 13.1. The highest BCUT2D eigenvalue weighted by Crippen LogP contribution is 2.31. The lowest BCUT2D eigenvalue weighted by Crippen LogP contribution is -2.22. The molecule has 0 spiro atoms. The van der Waals surface area contributed by atoms with Crippen LogP contribution in [-0.2, 0) is 14.8 Å². The fraction of sp³-hybridized carbons (Fsp3) is 0.118. The summed E-state index contributed by atoms with van der Waals surface area (Å²) in [5, 5.41) is 16.4. The second-order valence-corrected chi connectivity index (χ2v) is 9.87. The van der Waals surface area contributed by atoms with E-state index in [-0.39, 0.29) is 10.8 Å². The van der Waals surface area contributed by atoms with Crippen LogP contribution in [0.1, 0.15) is 6.92 Å². The number of amides is 1. The molecule has 0 aliphatic rings. The van der Waals surface area contributed by atoms with Crippen molar-refractivity contribution < 1.29 is 13.2 Å². The van der Waals surface area contributed by atoms with Gasteiger partial charge in [-0.15, -0.1) is 10.2 Å². The molecule has 28 heavy (non-hydrogen) atoms. The molecule has 144 valence electrons. The van der Waals surface area contributed by atoms with Crippen molar-refractivity contribution in [1.82, 2.24) is 14.6 Å². The molecule has 1 atom stereocenters. The molecule has 0 bridgehead atoms. The van der Waals surface area contributed by atoms with Gasteiger partial charge in [-0.3, -0.25) is 9.20 Å². The summed E-state index contributed by atoms with van der Waals surface area (Å²) in [4.78, 5) is 13.3. The van der Waals surface area contributed by atoms with Crippen LogP contribution < -0.4 is 10.5 Å². The summed E-state index contributed by atoms with van der Waals surface area (Å²) in [6.07, 6.45) is 0. The minimum absolute atomic E-state index is 0.0110. The van der Waals surface area contributed by atoms with Crippen molar-refractivity contribution >= 4 is 59.9 Å². The first-order chi connectivity index (χ1) is 13.3. The molecule has 2 aromatic carbocycles. The molecule has 2 aromatic heterocycles. The summed E-state index contributed by atoms with van der Waals surface area (Å²) < 4.78 is 25.6. The molecule has 4 aromatic rings. The number of anilines is 1. The molecular formula is C17H15N5O3S3. The van der Waals surface area contributed by atoms with Gasteiger partial charge in [0.2, 0.25) is 20.9 Å². The quantitative estimate of drug-likeness (QED) is 0.467. The van der Waals surface area contributed by atoms with Crippen molar-refractivity contribution in [2.45, 2.75) is 22.2 Å². The van der Waals surface area contributed by atoms with Gasteiger partial charge >= 0.3 is 0 Å². The zero-order valence-corrected chi connectivity index (χ0v) is 17.0. The molecule has 2 heterocycles. The van der Waals surface area contributed by atoms with Crippen LogP contribution in [0.25, 0.3) is 15.2 Å². The van der Waals surface area contributed by atoms with Crippen molar-refractivity contribution in [3.8, 4) is 0 Å². The van der Waals surface area contributed by atoms with Gasteiger partial charge in [0, 0.05) is 5.69 Å². The molecular weight excluding hydrogens is 418 g/mol. The van der Waals surface area contributed by atoms with Crippen molar-refractivity contribution in [2.75, 3.05) is 5.32 Å². The third kappa shape index (κ3) is 3.61. The monoisotopic (exact) mass is 433 g/mol. The Hall–Kier alpha value is -2.47. The van der Waals surface area contributed by atoms with Gasteiger partial charge in [-0.1, -0.05) is 35.2 Å². The highest BCUT2D eigenvalue weighted by molar-refractivity contribution is 8.00. The molecule has 0 aliphatic carbocycles. The highest BCUT2D eigenvalue weighted by Gasteiger charge is 2.20. The van der Waals surface area contributed by atoms with Crippen molar-refractivity contribution in [2.24, 2.45) is 5.14 Å². The summed E-state index contributed by atoms with van der Waals surface area (Å²) in [5.74, 6) is -0.232. The molecule has 0 aliphatic heterocycles. The van der Waals surface area contributed by atoms with Crippen LogP contribution in [0.2, 0.25) is 0 Å². The Morgan fingerprint density at radius 1 is 1.18 bits per heavy atom. The van der Waals surface area contributed by atoms with E-state index in [1.807, 2.05) is 28.7 Å². The van der Waals surface area contributed by atoms with Crippen LogP contribution in [0.4, 0.5) is 5.69 Å². The predicted molar refractivity (Wildman–Crippen MR) is 110 cm³/mol. The summed E-state index contributed by atoms with van der Waals surface area (Å²) >= 11 is 2.84. The van der Waals surface area contributed by atoms with Gasteiger partial charge in [0.25, 0.3) is 0 Å². The van der Waals surface area contributed by atoms with Gasteiger partial charge in [0.1, 0.15) is 0 Å². The van der Waals surface area contributed by atoms with E-state index < -0.39 is 15.3 Å². The maximum absolute atomic E-state index is 12.5. The topological polar surface area (TPSA) is 119 Å². The van der Waals surface area contributed by atoms with Crippen LogP contribution in [0.5, 0.6) is 0 Å². The summed E-state index contributed by atoms with van der Waals surface area (Å²) in [7, 11) is -3.77. The van der Waals surface area contributed by atoms with E-state index in [2.05, 4.69) is 15.5 Å². The van der Waals surface area contributed by atoms with E-state index in [9.17, 15) is 13.2 Å². The lowest BCUT2D eigenvalue weighted by Gasteiger charge is -2.11. The van der Waals surface area contributed by atoms with Gasteiger partial charge in [0.15, 0.2) is 5.16 Å². The third-order valence-electron chi connectivity index (χ3n) is 4.01. The number of para-hydroxylation sites is 1. The first-order valence-electron chi connectivity index (χ1n) is 8.16. The number of carbonyl (C=O) groups is 1. The van der Waals surface area contributed by atoms with Gasteiger partial charge in [-0.05, 0) is 43.3 Å². The molecule has 8 nitrogen and oxygen atoms in total. The van der Waals surface area contributed by atoms with Gasteiger partial charge < -0.3 is 5.32 Å². The second-order valence-electron chi connectivity index (χ2n) is 5.99. The number of fused-ring (bicyclic) bond motifs is 3. The van der Waals surface area contributed by atoms with E-state index in [1.165, 1.54) is 36.0 Å². The number of nitrogens with two attached hydrogens (primary N) is 1. The lowest BCUT2D eigenvalue weighted by atomic mass is 10.3. The Balaban J connectivity index is 1.51. The number of nitrogens with zero attached hydrogens (tertiary/aromatic N) is 3. The average Bonchev–Trinajstić information content (AvgIpc) is 3.21. The van der Waals surface area contributed by atoms with Gasteiger partial charge in [-0.2, -0.15) is 0 Å². The predicted octanol–water partition coefficient (Wildman–Crippen LogP) is 2.71. The number of hydrogen-bond donors (Lipinski definition) is 2. The van der Waals surface area contributed by atoms with Gasteiger partial charge in [0.05, 0.1) is 20.4 Å². The molecule has 0 saturated carbocycles. The number of rotatable bonds is 5. The molecule has 11 heteroatoms. The fourth-order valence-electron chi connectivity index (χ4n) is 2.62. The zero-order valence-electron chi connectivity index (χ0n) is 14.6. The maximum Gasteiger partial charge on any atom is 0.238 e. The SMILES string of the molecule is CC(Sc1nnc2sc3ccccc3n12)C(=O)Nc1ccc(S(N)(=O)=O)cc1. The Labute approximate surface area is 168 Å². The average molecular weight is 434 g/mol. The molecule has 0 saturated heterocycles. The number of nitrogens with one attached hydrogen (secondary N) is 1. The highest BCUT2D eigenvalue weighted by atomic mass is 32.2. The van der Waals surface area contributed by atoms with Crippen molar-refractivity contribution in [3.05, 3.63) is 48.5 Å². The second kappa shape index (κ2) is 7.17. The number of hydrogen-bond acceptors (Lipinski definition) is 7. The number of carbonyl (C=O) groups excluding carboxylic acids is 1. The van der Waals surface area contributed by atoms with E-state index in [1.54, 1.807) is 18.3 Å². The number of benzene rings is 2. The summed E-state index contributed by atoms with van der Waals surface area (Å²) in [5.41, 5.74) is 1.48. The van der Waals surface area contributed by atoms with E-state index in [4.69, 9.17) is 5.14 Å². The van der Waals surface area contributed by atoms with E-state index >= 15 is 0 Å². The van der Waals surface area contributed by atoms with Crippen molar-refractivity contribution in [3.63, 3.8) is 0 Å². The van der Waals surface area contributed by atoms with Crippen LogP contribution in [0.3, 0.4) is 0 Å². The van der Waals surface area contributed by atoms with Crippen LogP contribution in [0, 0.1) is 0 Å². The summed E-state index contributed by atoms with van der Waals surface area (Å²) in [6.45, 7) is 1.77. The minimum Gasteiger partial charge on any atom is -0.325 e. The first kappa shape index (κ1) is 18.9. The maximum atomic E-state index is 12.5. The first-order valence-corrected chi connectivity index (χ1v) is 11.4. The van der Waals surface area contributed by atoms with Crippen LogP contribution >= 0.6 is 23.1 Å². The molecule has 3 N–H and O–H groups in total. The smallest absolute Gasteiger partial charge is 0.238 e. The molecule has 0 fully saturated rings. The number of primary sulfonamides is 1. The van der Waals surface area contributed by atoms with E-state index in [0.717, 1.165) is 15.2 Å². The van der Waals surface area contributed by atoms with E-state index in [0.29, 0.717) is 10.8 Å². The minimum atomic E-state index is -3.77. The number of aromatic nitrogens is 3. The largest absolute Gasteiger partial charge is 0.325 e. The van der Waals surface area contributed by atoms with Crippen molar-refractivity contribution in [1.29, 1.82) is 0 Å². The third-order valence-corrected chi connectivity index (χ3v) is 7.00. The van der Waals surface area contributed by atoms with Crippen LogP contribution in [0.15, 0.2) is 58.6 Å². The molecule has 0 radical (unpaired) electrons. The lowest BCUT2D eigenvalue weighted by molar-refractivity contribution is -0.115. The Morgan fingerprint density at radius 2 is 1.89 bits per heavy atom. The fourth-order valence-corrected chi connectivity index (χ4v) is 5.01. The Morgan fingerprint density at radius 3 is 2.61 bits per heavy atom. The molecule has 4 rings (SSSR count). The van der Waals surface area contributed by atoms with Gasteiger partial charge in [-0.25, -0.2) is 13.6 Å². The molecule has 1 amide bonds. The summed E-state index contributed by atoms with van der Waals surface area (Å²) in [6, 6.07) is 13.6. The molecule has 1 unspecified atom stereocenters. The van der Waals surface area contributed by atoms with Crippen LogP contribution in [-0.4, -0.2) is 34.2 Å². The number of thiazole rings is 1.